The number of carbonyl (C=O) groups excluding carboxylic acids is 2. The fourth-order valence-corrected chi connectivity index (χ4v) is 4.00. The molecule has 152 valence electrons. The Hall–Kier alpha value is -3.47. The van der Waals surface area contributed by atoms with Gasteiger partial charge in [0.15, 0.2) is 0 Å². The van der Waals surface area contributed by atoms with Crippen LogP contribution in [0.5, 0.6) is 0 Å². The number of nitrogens with zero attached hydrogens (tertiary/aromatic N) is 2. The Kier molecular flexibility index (Phi) is 5.36. The number of rotatable bonds is 4. The van der Waals surface area contributed by atoms with Crippen LogP contribution in [-0.4, -0.2) is 22.8 Å². The molecule has 5 heteroatoms. The van der Waals surface area contributed by atoms with Crippen molar-refractivity contribution in [3.8, 4) is 0 Å². The molecule has 1 unspecified atom stereocenters. The van der Waals surface area contributed by atoms with Crippen LogP contribution in [0.25, 0.3) is 0 Å². The van der Waals surface area contributed by atoms with E-state index in [0.29, 0.717) is 11.1 Å². The molecule has 1 aliphatic heterocycles. The number of amides is 2. The van der Waals surface area contributed by atoms with Gasteiger partial charge in [0.05, 0.1) is 11.1 Å². The van der Waals surface area contributed by atoms with Crippen LogP contribution in [0.3, 0.4) is 0 Å². The maximum atomic E-state index is 13.3. The summed E-state index contributed by atoms with van der Waals surface area (Å²) < 4.78 is 0. The summed E-state index contributed by atoms with van der Waals surface area (Å²) in [4.78, 5) is 32.1. The monoisotopic (exact) mass is 399 g/mol. The number of hydrogen-bond acceptors (Lipinski definition) is 3. The number of fused-ring (bicyclic) bond motifs is 1. The lowest BCUT2D eigenvalue weighted by Gasteiger charge is -2.22. The van der Waals surface area contributed by atoms with Gasteiger partial charge < -0.3 is 10.2 Å². The number of anilines is 2. The fraction of sp³-hybridized carbons (Fsp3) is 0.240. The van der Waals surface area contributed by atoms with E-state index in [0.717, 1.165) is 28.9 Å². The third kappa shape index (κ3) is 3.71. The van der Waals surface area contributed by atoms with Crippen molar-refractivity contribution < 1.29 is 9.59 Å². The normalized spacial score (nSPS) is 15.2. The summed E-state index contributed by atoms with van der Waals surface area (Å²) in [7, 11) is 0. The van der Waals surface area contributed by atoms with Crippen molar-refractivity contribution in [3.63, 3.8) is 0 Å². The lowest BCUT2D eigenvalue weighted by Crippen LogP contribution is -2.35. The quantitative estimate of drug-likeness (QED) is 0.668. The number of nitrogens with one attached hydrogen (secondary N) is 1. The van der Waals surface area contributed by atoms with Crippen LogP contribution >= 0.6 is 0 Å². The van der Waals surface area contributed by atoms with E-state index < -0.39 is 0 Å². The highest BCUT2D eigenvalue weighted by Crippen LogP contribution is 2.33. The molecule has 0 fully saturated rings. The molecule has 2 heterocycles. The van der Waals surface area contributed by atoms with Crippen LogP contribution in [0, 0.1) is 0 Å². The standard InChI is InChI=1S/C25H25N3O2/c1-16(2)21-9-5-6-10-22(21)27-24(29)19-13-20(15-26-14-19)25(30)28-17(3)12-18-8-4-7-11-23(18)28/h4-11,13-17H,12H2,1-3H3,(H,27,29). The molecule has 2 amide bonds. The van der Waals surface area contributed by atoms with Crippen molar-refractivity contribution in [3.05, 3.63) is 89.2 Å². The zero-order valence-electron chi connectivity index (χ0n) is 17.4. The molecular formula is C25H25N3O2. The summed E-state index contributed by atoms with van der Waals surface area (Å²) in [6.07, 6.45) is 3.84. The highest BCUT2D eigenvalue weighted by Gasteiger charge is 2.31. The number of benzene rings is 2. The summed E-state index contributed by atoms with van der Waals surface area (Å²) in [5.41, 5.74) is 4.69. The molecule has 2 aromatic carbocycles. The van der Waals surface area contributed by atoms with Crippen LogP contribution in [0.15, 0.2) is 67.0 Å². The predicted molar refractivity (Wildman–Crippen MR) is 119 cm³/mol. The molecule has 1 aliphatic rings. The average Bonchev–Trinajstić information content (AvgIpc) is 3.09. The van der Waals surface area contributed by atoms with Gasteiger partial charge in [-0.25, -0.2) is 0 Å². The van der Waals surface area contributed by atoms with Gasteiger partial charge in [0, 0.05) is 29.8 Å². The summed E-state index contributed by atoms with van der Waals surface area (Å²) in [5, 5.41) is 2.96. The van der Waals surface area contributed by atoms with Gasteiger partial charge in [-0.05, 0) is 48.6 Å². The molecule has 1 atom stereocenters. The largest absolute Gasteiger partial charge is 0.322 e. The molecular weight excluding hydrogens is 374 g/mol. The van der Waals surface area contributed by atoms with E-state index in [9.17, 15) is 9.59 Å². The highest BCUT2D eigenvalue weighted by molar-refractivity contribution is 6.10. The van der Waals surface area contributed by atoms with Crippen LogP contribution in [-0.2, 0) is 6.42 Å². The van der Waals surface area contributed by atoms with E-state index in [1.807, 2.05) is 55.5 Å². The zero-order valence-corrected chi connectivity index (χ0v) is 17.4. The van der Waals surface area contributed by atoms with Crippen molar-refractivity contribution in [2.45, 2.75) is 39.2 Å². The molecule has 0 aliphatic carbocycles. The molecule has 0 spiro atoms. The van der Waals surface area contributed by atoms with E-state index in [2.05, 4.69) is 24.1 Å². The summed E-state index contributed by atoms with van der Waals surface area (Å²) in [6, 6.07) is 17.4. The van der Waals surface area contributed by atoms with Gasteiger partial charge in [-0.3, -0.25) is 14.6 Å². The van der Waals surface area contributed by atoms with Crippen LogP contribution < -0.4 is 10.2 Å². The molecule has 1 N–H and O–H groups in total. The Balaban J connectivity index is 1.59. The molecule has 0 saturated heterocycles. The van der Waals surface area contributed by atoms with Gasteiger partial charge in [-0.1, -0.05) is 50.2 Å². The maximum absolute atomic E-state index is 13.3. The first-order valence-corrected chi connectivity index (χ1v) is 10.2. The Morgan fingerprint density at radius 3 is 2.53 bits per heavy atom. The molecule has 0 saturated carbocycles. The average molecular weight is 399 g/mol. The molecule has 3 aromatic rings. The molecule has 5 nitrogen and oxygen atoms in total. The zero-order chi connectivity index (χ0) is 21.3. The van der Waals surface area contributed by atoms with Crippen molar-refractivity contribution >= 4 is 23.2 Å². The number of pyridine rings is 1. The van der Waals surface area contributed by atoms with Gasteiger partial charge in [-0.15, -0.1) is 0 Å². The minimum absolute atomic E-state index is 0.0605. The fourth-order valence-electron chi connectivity index (χ4n) is 4.00. The van der Waals surface area contributed by atoms with Crippen LogP contribution in [0.1, 0.15) is 58.5 Å². The van der Waals surface area contributed by atoms with E-state index in [-0.39, 0.29) is 23.8 Å². The summed E-state index contributed by atoms with van der Waals surface area (Å²) in [6.45, 7) is 6.20. The third-order valence-corrected chi connectivity index (χ3v) is 5.50. The van der Waals surface area contributed by atoms with Crippen LogP contribution in [0.4, 0.5) is 11.4 Å². The Labute approximate surface area is 176 Å². The SMILES string of the molecule is CC(C)c1ccccc1NC(=O)c1cncc(C(=O)N2c3ccccc3CC2C)c1. The lowest BCUT2D eigenvalue weighted by molar-refractivity contribution is 0.0981. The Bertz CT molecular complexity index is 1110. The van der Waals surface area contributed by atoms with Crippen molar-refractivity contribution in [2.24, 2.45) is 0 Å². The smallest absolute Gasteiger partial charge is 0.260 e. The topological polar surface area (TPSA) is 62.3 Å². The summed E-state index contributed by atoms with van der Waals surface area (Å²) >= 11 is 0. The van der Waals surface area contributed by atoms with Crippen molar-refractivity contribution in [2.75, 3.05) is 10.2 Å². The van der Waals surface area contributed by atoms with E-state index in [1.165, 1.54) is 12.4 Å². The molecule has 0 bridgehead atoms. The second kappa shape index (κ2) is 8.11. The first-order chi connectivity index (χ1) is 14.5. The predicted octanol–water partition coefficient (Wildman–Crippen LogP) is 5.05. The first kappa shape index (κ1) is 19.8. The van der Waals surface area contributed by atoms with Gasteiger partial charge in [0.2, 0.25) is 0 Å². The van der Waals surface area contributed by atoms with Gasteiger partial charge in [0.25, 0.3) is 11.8 Å². The van der Waals surface area contributed by atoms with E-state index in [1.54, 1.807) is 11.0 Å². The second-order valence-electron chi connectivity index (χ2n) is 8.02. The molecule has 0 radical (unpaired) electrons. The Morgan fingerprint density at radius 1 is 1.03 bits per heavy atom. The maximum Gasteiger partial charge on any atom is 0.260 e. The van der Waals surface area contributed by atoms with Crippen LogP contribution in [0.2, 0.25) is 0 Å². The van der Waals surface area contributed by atoms with Crippen molar-refractivity contribution in [1.82, 2.24) is 4.98 Å². The number of para-hydroxylation sites is 2. The lowest BCUT2D eigenvalue weighted by atomic mass is 10.0. The molecule has 1 aromatic heterocycles. The molecule has 4 rings (SSSR count). The Morgan fingerprint density at radius 2 is 1.73 bits per heavy atom. The molecule has 30 heavy (non-hydrogen) atoms. The highest BCUT2D eigenvalue weighted by atomic mass is 16.2. The van der Waals surface area contributed by atoms with E-state index in [4.69, 9.17) is 0 Å². The van der Waals surface area contributed by atoms with Crippen molar-refractivity contribution in [1.29, 1.82) is 0 Å². The minimum Gasteiger partial charge on any atom is -0.322 e. The second-order valence-corrected chi connectivity index (χ2v) is 8.02. The van der Waals surface area contributed by atoms with Gasteiger partial charge in [0.1, 0.15) is 0 Å². The van der Waals surface area contributed by atoms with Gasteiger partial charge in [-0.2, -0.15) is 0 Å². The number of hydrogen-bond donors (Lipinski definition) is 1. The van der Waals surface area contributed by atoms with E-state index >= 15 is 0 Å². The van der Waals surface area contributed by atoms with Gasteiger partial charge >= 0.3 is 0 Å². The first-order valence-electron chi connectivity index (χ1n) is 10.2. The number of aromatic nitrogens is 1. The number of carbonyl (C=O) groups is 2. The third-order valence-electron chi connectivity index (χ3n) is 5.50. The minimum atomic E-state index is -0.278. The summed E-state index contributed by atoms with van der Waals surface area (Å²) in [5.74, 6) is -0.137.